The molecule has 2 aromatic carbocycles. The van der Waals surface area contributed by atoms with Crippen LogP contribution in [0.5, 0.6) is 5.75 Å². The Hall–Kier alpha value is -2.29. The Balaban J connectivity index is 2.39. The summed E-state index contributed by atoms with van der Waals surface area (Å²) in [5.74, 6) is 0.786. The second kappa shape index (κ2) is 7.30. The van der Waals surface area contributed by atoms with Crippen LogP contribution in [0.1, 0.15) is 12.5 Å². The summed E-state index contributed by atoms with van der Waals surface area (Å²) >= 11 is 3.52. The summed E-state index contributed by atoms with van der Waals surface area (Å²) in [6.45, 7) is 2.68. The fraction of sp³-hybridized carbons (Fsp3) is 0.250. The molecule has 4 nitrogen and oxygen atoms in total. The van der Waals surface area contributed by atoms with Crippen LogP contribution in [0.2, 0.25) is 0 Å². The fourth-order valence-electron chi connectivity index (χ4n) is 3.12. The van der Waals surface area contributed by atoms with Gasteiger partial charge in [0.1, 0.15) is 11.8 Å². The zero-order chi connectivity index (χ0) is 18.0. The zero-order valence-corrected chi connectivity index (χ0v) is 15.7. The molecule has 128 valence electrons. The van der Waals surface area contributed by atoms with Gasteiger partial charge in [0.2, 0.25) is 0 Å². The van der Waals surface area contributed by atoms with E-state index in [0.717, 1.165) is 32.4 Å². The van der Waals surface area contributed by atoms with E-state index in [9.17, 15) is 10.4 Å². The Morgan fingerprint density at radius 3 is 2.72 bits per heavy atom. The number of hydrogen-bond donors (Lipinski definition) is 1. The maximum Gasteiger partial charge on any atom is 0.128 e. The topological polar surface area (TPSA) is 58.2 Å². The number of methoxy groups -OCH3 is 1. The maximum absolute atomic E-state index is 9.85. The summed E-state index contributed by atoms with van der Waals surface area (Å²) in [7, 11) is 1.63. The van der Waals surface area contributed by atoms with Gasteiger partial charge in [-0.05, 0) is 30.2 Å². The molecule has 1 aromatic heterocycles. The summed E-state index contributed by atoms with van der Waals surface area (Å²) < 4.78 is 8.58. The molecule has 0 amide bonds. The third kappa shape index (κ3) is 3.15. The second-order valence-corrected chi connectivity index (χ2v) is 7.01. The predicted molar refractivity (Wildman–Crippen MR) is 103 cm³/mol. The van der Waals surface area contributed by atoms with E-state index >= 15 is 0 Å². The third-order valence-corrected chi connectivity index (χ3v) is 4.80. The molecule has 1 heterocycles. The Kier molecular flexibility index (Phi) is 5.12. The average molecular weight is 399 g/mol. The SMILES string of the molecule is COc1ccccc1-c1c(C#N)c2ccc(Br)cc2n1CC(C)CO. The van der Waals surface area contributed by atoms with E-state index in [0.29, 0.717) is 12.1 Å². The summed E-state index contributed by atoms with van der Waals surface area (Å²) in [6.07, 6.45) is 0. The first-order valence-electron chi connectivity index (χ1n) is 8.06. The number of aliphatic hydroxyl groups is 1. The highest BCUT2D eigenvalue weighted by Crippen LogP contribution is 2.39. The summed E-state index contributed by atoms with van der Waals surface area (Å²) in [5.41, 5.74) is 3.29. The molecule has 0 aliphatic heterocycles. The van der Waals surface area contributed by atoms with E-state index < -0.39 is 0 Å². The minimum absolute atomic E-state index is 0.0644. The van der Waals surface area contributed by atoms with Crippen molar-refractivity contribution < 1.29 is 9.84 Å². The molecule has 0 fully saturated rings. The molecular formula is C20H19BrN2O2. The van der Waals surface area contributed by atoms with Crippen molar-refractivity contribution >= 4 is 26.8 Å². The lowest BCUT2D eigenvalue weighted by atomic mass is 10.0. The van der Waals surface area contributed by atoms with Crippen LogP contribution in [-0.2, 0) is 6.54 Å². The number of nitrogens with zero attached hydrogens (tertiary/aromatic N) is 2. The van der Waals surface area contributed by atoms with E-state index in [1.54, 1.807) is 7.11 Å². The van der Waals surface area contributed by atoms with Gasteiger partial charge in [-0.2, -0.15) is 5.26 Å². The molecule has 0 bridgehead atoms. The van der Waals surface area contributed by atoms with Crippen LogP contribution in [0.4, 0.5) is 0 Å². The van der Waals surface area contributed by atoms with Crippen LogP contribution in [0.15, 0.2) is 46.9 Å². The van der Waals surface area contributed by atoms with Crippen molar-refractivity contribution in [3.63, 3.8) is 0 Å². The highest BCUT2D eigenvalue weighted by molar-refractivity contribution is 9.10. The summed E-state index contributed by atoms with van der Waals surface area (Å²) in [5, 5.41) is 20.3. The Morgan fingerprint density at radius 1 is 1.28 bits per heavy atom. The number of nitriles is 1. The Labute approximate surface area is 155 Å². The van der Waals surface area contributed by atoms with E-state index in [4.69, 9.17) is 4.74 Å². The molecule has 3 aromatic rings. The number of para-hydroxylation sites is 1. The van der Waals surface area contributed by atoms with Gasteiger partial charge >= 0.3 is 0 Å². The van der Waals surface area contributed by atoms with E-state index in [1.165, 1.54) is 0 Å². The van der Waals surface area contributed by atoms with Gasteiger partial charge in [-0.15, -0.1) is 0 Å². The Morgan fingerprint density at radius 2 is 2.04 bits per heavy atom. The highest BCUT2D eigenvalue weighted by atomic mass is 79.9. The van der Waals surface area contributed by atoms with Crippen LogP contribution < -0.4 is 4.74 Å². The lowest BCUT2D eigenvalue weighted by Crippen LogP contribution is -2.12. The summed E-state index contributed by atoms with van der Waals surface area (Å²) in [6, 6.07) is 16.0. The average Bonchev–Trinajstić information content (AvgIpc) is 2.93. The number of aromatic nitrogens is 1. The predicted octanol–water partition coefficient (Wildman–Crippen LogP) is 4.58. The van der Waals surface area contributed by atoms with Crippen molar-refractivity contribution in [3.05, 3.63) is 52.5 Å². The molecule has 0 spiro atoms. The van der Waals surface area contributed by atoms with Crippen molar-refractivity contribution in [1.29, 1.82) is 5.26 Å². The van der Waals surface area contributed by atoms with Gasteiger partial charge in [-0.25, -0.2) is 0 Å². The molecular weight excluding hydrogens is 380 g/mol. The molecule has 5 heteroatoms. The molecule has 1 atom stereocenters. The normalized spacial score (nSPS) is 12.1. The van der Waals surface area contributed by atoms with Crippen molar-refractivity contribution in [2.45, 2.75) is 13.5 Å². The van der Waals surface area contributed by atoms with Crippen molar-refractivity contribution in [2.75, 3.05) is 13.7 Å². The lowest BCUT2D eigenvalue weighted by molar-refractivity contribution is 0.224. The number of ether oxygens (including phenoxy) is 1. The van der Waals surface area contributed by atoms with E-state index in [2.05, 4.69) is 26.6 Å². The minimum Gasteiger partial charge on any atom is -0.496 e. The number of halogens is 1. The number of rotatable bonds is 5. The van der Waals surface area contributed by atoms with E-state index in [-0.39, 0.29) is 12.5 Å². The van der Waals surface area contributed by atoms with Gasteiger partial charge in [0, 0.05) is 28.6 Å². The largest absolute Gasteiger partial charge is 0.496 e. The fourth-order valence-corrected chi connectivity index (χ4v) is 3.46. The van der Waals surface area contributed by atoms with Crippen molar-refractivity contribution in [1.82, 2.24) is 4.57 Å². The molecule has 0 aliphatic carbocycles. The van der Waals surface area contributed by atoms with Gasteiger partial charge < -0.3 is 14.4 Å². The van der Waals surface area contributed by atoms with Gasteiger partial charge in [-0.1, -0.05) is 41.1 Å². The lowest BCUT2D eigenvalue weighted by Gasteiger charge is -2.16. The van der Waals surface area contributed by atoms with Crippen LogP contribution >= 0.6 is 15.9 Å². The standard InChI is InChI=1S/C20H19BrN2O2/c1-13(12-24)11-23-18-9-14(21)7-8-15(18)17(10-22)20(23)16-5-3-4-6-19(16)25-2/h3-9,13,24H,11-12H2,1-2H3. The molecule has 0 saturated carbocycles. The van der Waals surface area contributed by atoms with Crippen LogP contribution in [0, 0.1) is 17.2 Å². The third-order valence-electron chi connectivity index (χ3n) is 4.31. The molecule has 1 N–H and O–H groups in total. The molecule has 1 unspecified atom stereocenters. The van der Waals surface area contributed by atoms with Crippen LogP contribution in [0.25, 0.3) is 22.2 Å². The number of hydrogen-bond acceptors (Lipinski definition) is 3. The first kappa shape index (κ1) is 17.5. The number of benzene rings is 2. The van der Waals surface area contributed by atoms with Gasteiger partial charge in [0.15, 0.2) is 0 Å². The van der Waals surface area contributed by atoms with Crippen LogP contribution in [0.3, 0.4) is 0 Å². The van der Waals surface area contributed by atoms with Gasteiger partial charge in [0.05, 0.1) is 23.9 Å². The maximum atomic E-state index is 9.85. The molecule has 25 heavy (non-hydrogen) atoms. The van der Waals surface area contributed by atoms with Gasteiger partial charge in [0.25, 0.3) is 0 Å². The van der Waals surface area contributed by atoms with E-state index in [1.807, 2.05) is 49.4 Å². The summed E-state index contributed by atoms with van der Waals surface area (Å²) in [4.78, 5) is 0. The zero-order valence-electron chi connectivity index (χ0n) is 14.2. The number of aliphatic hydroxyl groups excluding tert-OH is 1. The quantitative estimate of drug-likeness (QED) is 0.683. The highest BCUT2D eigenvalue weighted by Gasteiger charge is 2.22. The smallest absolute Gasteiger partial charge is 0.128 e. The van der Waals surface area contributed by atoms with Crippen LogP contribution in [-0.4, -0.2) is 23.4 Å². The Bertz CT molecular complexity index is 956. The van der Waals surface area contributed by atoms with Gasteiger partial charge in [-0.3, -0.25) is 0 Å². The first-order valence-corrected chi connectivity index (χ1v) is 8.86. The first-order chi connectivity index (χ1) is 12.1. The minimum atomic E-state index is 0.0644. The second-order valence-electron chi connectivity index (χ2n) is 6.10. The molecule has 0 saturated heterocycles. The number of fused-ring (bicyclic) bond motifs is 1. The molecule has 3 rings (SSSR count). The van der Waals surface area contributed by atoms with Crippen molar-refractivity contribution in [3.8, 4) is 23.1 Å². The monoisotopic (exact) mass is 398 g/mol. The molecule has 0 aliphatic rings. The van der Waals surface area contributed by atoms with Crippen molar-refractivity contribution in [2.24, 2.45) is 5.92 Å². The molecule has 0 radical (unpaired) electrons.